The van der Waals surface area contributed by atoms with Gasteiger partial charge in [-0.15, -0.1) is 0 Å². The average Bonchev–Trinajstić information content (AvgIpc) is 2.32. The van der Waals surface area contributed by atoms with E-state index in [4.69, 9.17) is 10.5 Å². The number of nitro benzene ring substituents is 1. The van der Waals surface area contributed by atoms with E-state index in [0.717, 1.165) is 18.2 Å². The average molecular weight is 250 g/mol. The van der Waals surface area contributed by atoms with Crippen LogP contribution >= 0.6 is 0 Å². The van der Waals surface area contributed by atoms with E-state index >= 15 is 0 Å². The van der Waals surface area contributed by atoms with E-state index in [-0.39, 0.29) is 23.1 Å². The van der Waals surface area contributed by atoms with Crippen LogP contribution in [0.3, 0.4) is 0 Å². The van der Waals surface area contributed by atoms with Crippen LogP contribution < -0.4 is 10.5 Å². The van der Waals surface area contributed by atoms with Gasteiger partial charge >= 0.3 is 5.69 Å². The van der Waals surface area contributed by atoms with Gasteiger partial charge in [0.05, 0.1) is 4.92 Å². The number of nitrogen functional groups attached to an aromatic ring is 1. The van der Waals surface area contributed by atoms with E-state index < -0.39 is 10.7 Å². The van der Waals surface area contributed by atoms with Crippen molar-refractivity contribution in [3.63, 3.8) is 0 Å². The summed E-state index contributed by atoms with van der Waals surface area (Å²) >= 11 is 0. The molecule has 2 rings (SSSR count). The van der Waals surface area contributed by atoms with Gasteiger partial charge in [0.2, 0.25) is 5.75 Å². The summed E-state index contributed by atoms with van der Waals surface area (Å²) in [6, 6.07) is 2.84. The molecule has 2 aromatic rings. The number of hydrogen-bond donors (Lipinski definition) is 1. The van der Waals surface area contributed by atoms with Crippen LogP contribution in [0.1, 0.15) is 0 Å². The summed E-state index contributed by atoms with van der Waals surface area (Å²) in [5.74, 6) is -1.12. The number of rotatable bonds is 3. The Kier molecular flexibility index (Phi) is 3.00. The third-order valence-corrected chi connectivity index (χ3v) is 2.02. The Labute approximate surface area is 100 Å². The van der Waals surface area contributed by atoms with Gasteiger partial charge < -0.3 is 10.5 Å². The molecule has 92 valence electrons. The first-order valence-electron chi connectivity index (χ1n) is 4.76. The molecule has 0 saturated heterocycles. The van der Waals surface area contributed by atoms with Gasteiger partial charge in [-0.1, -0.05) is 0 Å². The maximum absolute atomic E-state index is 13.0. The molecule has 0 aliphatic heterocycles. The fraction of sp³-hybridized carbons (Fsp3) is 0. The van der Waals surface area contributed by atoms with Gasteiger partial charge in [-0.05, 0) is 6.07 Å². The van der Waals surface area contributed by atoms with Crippen molar-refractivity contribution in [2.75, 3.05) is 5.73 Å². The summed E-state index contributed by atoms with van der Waals surface area (Å²) in [6.45, 7) is 0. The Morgan fingerprint density at radius 3 is 2.72 bits per heavy atom. The number of benzene rings is 1. The van der Waals surface area contributed by atoms with Crippen LogP contribution in [0, 0.1) is 15.9 Å². The minimum Gasteiger partial charge on any atom is -0.428 e. The summed E-state index contributed by atoms with van der Waals surface area (Å²) in [7, 11) is 0. The highest BCUT2D eigenvalue weighted by atomic mass is 19.1. The minimum atomic E-state index is -0.693. The number of nitrogens with two attached hydrogens (primary N) is 1. The molecule has 0 radical (unpaired) electrons. The molecule has 18 heavy (non-hydrogen) atoms. The van der Waals surface area contributed by atoms with Gasteiger partial charge in [0.1, 0.15) is 5.82 Å². The second kappa shape index (κ2) is 4.62. The van der Waals surface area contributed by atoms with Crippen LogP contribution in [0.2, 0.25) is 0 Å². The Morgan fingerprint density at radius 2 is 2.06 bits per heavy atom. The molecule has 0 bridgehead atoms. The maximum Gasteiger partial charge on any atom is 0.311 e. The standard InChI is InChI=1S/C10H7FN4O3/c11-6-1-2-7(15(16)17)8(5-6)18-10-9(12)13-3-4-14-10/h1-5H,(H2,12,13). The first-order chi connectivity index (χ1) is 8.58. The van der Waals surface area contributed by atoms with E-state index in [2.05, 4.69) is 9.97 Å². The van der Waals surface area contributed by atoms with Gasteiger partial charge in [-0.25, -0.2) is 14.4 Å². The summed E-state index contributed by atoms with van der Waals surface area (Å²) in [5, 5.41) is 10.7. The Morgan fingerprint density at radius 1 is 1.33 bits per heavy atom. The van der Waals surface area contributed by atoms with Gasteiger partial charge in [0, 0.05) is 24.5 Å². The zero-order chi connectivity index (χ0) is 13.1. The number of nitrogens with zero attached hydrogens (tertiary/aromatic N) is 3. The van der Waals surface area contributed by atoms with E-state index in [1.807, 2.05) is 0 Å². The largest absolute Gasteiger partial charge is 0.428 e. The highest BCUT2D eigenvalue weighted by Gasteiger charge is 2.18. The zero-order valence-corrected chi connectivity index (χ0v) is 8.91. The third-order valence-electron chi connectivity index (χ3n) is 2.02. The van der Waals surface area contributed by atoms with Crippen LogP contribution in [-0.2, 0) is 0 Å². The summed E-state index contributed by atoms with van der Waals surface area (Å²) in [6.07, 6.45) is 2.64. The molecule has 0 fully saturated rings. The molecule has 0 saturated carbocycles. The highest BCUT2D eigenvalue weighted by molar-refractivity contribution is 5.50. The lowest BCUT2D eigenvalue weighted by Crippen LogP contribution is -1.99. The molecule has 0 amide bonds. The monoisotopic (exact) mass is 250 g/mol. The molecule has 0 spiro atoms. The van der Waals surface area contributed by atoms with Gasteiger partial charge in [-0.3, -0.25) is 10.1 Å². The molecule has 0 unspecified atom stereocenters. The molecular weight excluding hydrogens is 243 g/mol. The number of ether oxygens (including phenoxy) is 1. The maximum atomic E-state index is 13.0. The predicted octanol–water partition coefficient (Wildman–Crippen LogP) is 1.90. The predicted molar refractivity (Wildman–Crippen MR) is 59.6 cm³/mol. The van der Waals surface area contributed by atoms with Gasteiger partial charge in [-0.2, -0.15) is 0 Å². The smallest absolute Gasteiger partial charge is 0.311 e. The van der Waals surface area contributed by atoms with Gasteiger partial charge in [0.15, 0.2) is 5.82 Å². The normalized spacial score (nSPS) is 10.1. The molecular formula is C10H7FN4O3. The molecule has 1 aromatic carbocycles. The molecule has 2 N–H and O–H groups in total. The summed E-state index contributed by atoms with van der Waals surface area (Å²) in [4.78, 5) is 17.5. The fourth-order valence-corrected chi connectivity index (χ4v) is 1.24. The topological polar surface area (TPSA) is 104 Å². The molecule has 1 aromatic heterocycles. The van der Waals surface area contributed by atoms with Crippen LogP contribution in [0.4, 0.5) is 15.9 Å². The van der Waals surface area contributed by atoms with Crippen molar-refractivity contribution < 1.29 is 14.1 Å². The van der Waals surface area contributed by atoms with Crippen molar-refractivity contribution in [2.45, 2.75) is 0 Å². The van der Waals surface area contributed by atoms with Crippen LogP contribution in [-0.4, -0.2) is 14.9 Å². The van der Waals surface area contributed by atoms with Crippen LogP contribution in [0.5, 0.6) is 11.6 Å². The summed E-state index contributed by atoms with van der Waals surface area (Å²) in [5.41, 5.74) is 5.08. The van der Waals surface area contributed by atoms with Crippen molar-refractivity contribution in [1.82, 2.24) is 9.97 Å². The number of nitro groups is 1. The Bertz CT molecular complexity index is 605. The molecule has 8 heteroatoms. The highest BCUT2D eigenvalue weighted by Crippen LogP contribution is 2.32. The van der Waals surface area contributed by atoms with E-state index in [9.17, 15) is 14.5 Å². The molecule has 0 aliphatic rings. The van der Waals surface area contributed by atoms with Crippen molar-refractivity contribution in [3.8, 4) is 11.6 Å². The lowest BCUT2D eigenvalue weighted by molar-refractivity contribution is -0.385. The fourth-order valence-electron chi connectivity index (χ4n) is 1.24. The number of aromatic nitrogens is 2. The first kappa shape index (κ1) is 11.7. The quantitative estimate of drug-likeness (QED) is 0.658. The number of halogens is 1. The van der Waals surface area contributed by atoms with Crippen molar-refractivity contribution >= 4 is 11.5 Å². The van der Waals surface area contributed by atoms with Crippen molar-refractivity contribution in [3.05, 3.63) is 46.5 Å². The van der Waals surface area contributed by atoms with Crippen LogP contribution in [0.25, 0.3) is 0 Å². The number of anilines is 1. The third kappa shape index (κ3) is 2.32. The lowest BCUT2D eigenvalue weighted by atomic mass is 10.3. The van der Waals surface area contributed by atoms with E-state index in [1.54, 1.807) is 0 Å². The zero-order valence-electron chi connectivity index (χ0n) is 8.91. The Hall–Kier alpha value is -2.77. The lowest BCUT2D eigenvalue weighted by Gasteiger charge is -2.06. The van der Waals surface area contributed by atoms with Gasteiger partial charge in [0.25, 0.3) is 5.88 Å². The van der Waals surface area contributed by atoms with Crippen molar-refractivity contribution in [1.29, 1.82) is 0 Å². The second-order valence-electron chi connectivity index (χ2n) is 3.22. The second-order valence-corrected chi connectivity index (χ2v) is 3.22. The number of hydrogen-bond acceptors (Lipinski definition) is 6. The minimum absolute atomic E-state index is 0.0453. The molecule has 1 heterocycles. The van der Waals surface area contributed by atoms with E-state index in [0.29, 0.717) is 0 Å². The molecule has 0 aliphatic carbocycles. The van der Waals surface area contributed by atoms with Crippen molar-refractivity contribution in [2.24, 2.45) is 0 Å². The Balaban J connectivity index is 2.42. The van der Waals surface area contributed by atoms with Crippen LogP contribution in [0.15, 0.2) is 30.6 Å². The molecule has 7 nitrogen and oxygen atoms in total. The molecule has 0 atom stereocenters. The van der Waals surface area contributed by atoms with E-state index in [1.165, 1.54) is 12.4 Å². The summed E-state index contributed by atoms with van der Waals surface area (Å²) < 4.78 is 18.1. The first-order valence-corrected chi connectivity index (χ1v) is 4.76. The SMILES string of the molecule is Nc1nccnc1Oc1cc(F)ccc1[N+](=O)[O-].